The molecule has 0 saturated heterocycles. The first-order valence-corrected chi connectivity index (χ1v) is 7.38. The minimum atomic E-state index is -0.400. The van der Waals surface area contributed by atoms with Crippen LogP contribution < -0.4 is 4.74 Å². The van der Waals surface area contributed by atoms with E-state index in [1.54, 1.807) is 43.1 Å². The van der Waals surface area contributed by atoms with Gasteiger partial charge in [-0.1, -0.05) is 11.6 Å². The van der Waals surface area contributed by atoms with E-state index in [2.05, 4.69) is 4.98 Å². The van der Waals surface area contributed by atoms with E-state index in [-0.39, 0.29) is 6.61 Å². The van der Waals surface area contributed by atoms with Crippen LogP contribution in [0.25, 0.3) is 10.9 Å². The summed E-state index contributed by atoms with van der Waals surface area (Å²) in [7, 11) is 3.38. The Balaban J connectivity index is 1.81. The average molecular weight is 331 g/mol. The molecule has 0 aliphatic rings. The second-order valence-electron chi connectivity index (χ2n) is 5.08. The number of hydrogen-bond acceptors (Lipinski definition) is 4. The topological polar surface area (TPSA) is 53.4 Å². The Hall–Kier alpha value is -2.53. The van der Waals surface area contributed by atoms with E-state index < -0.39 is 5.97 Å². The lowest BCUT2D eigenvalue weighted by Crippen LogP contribution is -2.10. The van der Waals surface area contributed by atoms with Gasteiger partial charge in [0.05, 0.1) is 12.6 Å². The maximum absolute atomic E-state index is 12.0. The number of esters is 1. The molecule has 0 atom stereocenters. The molecule has 0 spiro atoms. The predicted molar refractivity (Wildman–Crippen MR) is 87.8 cm³/mol. The number of benzene rings is 1. The van der Waals surface area contributed by atoms with Gasteiger partial charge < -0.3 is 14.0 Å². The van der Waals surface area contributed by atoms with Crippen molar-refractivity contribution < 1.29 is 14.3 Å². The van der Waals surface area contributed by atoms with Crippen molar-refractivity contribution in [1.29, 1.82) is 0 Å². The summed E-state index contributed by atoms with van der Waals surface area (Å²) in [5.74, 6) is 0.312. The third kappa shape index (κ3) is 3.14. The molecule has 5 nitrogen and oxygen atoms in total. The standard InChI is InChI=1S/C17H15ClN2O3/c1-20-7-3-4-15(20)17(21)23-10-12-8-11-5-6-13(22-2)9-14(11)19-16(12)18/h3-9H,10H2,1-2H3. The van der Waals surface area contributed by atoms with Crippen LogP contribution in [0.3, 0.4) is 0 Å². The van der Waals surface area contributed by atoms with Gasteiger partial charge in [-0.05, 0) is 30.3 Å². The Morgan fingerprint density at radius 2 is 2.13 bits per heavy atom. The van der Waals surface area contributed by atoms with Crippen molar-refractivity contribution in [1.82, 2.24) is 9.55 Å². The number of nitrogens with zero attached hydrogens (tertiary/aromatic N) is 2. The maximum Gasteiger partial charge on any atom is 0.355 e. The van der Waals surface area contributed by atoms with Crippen molar-refractivity contribution in [3.8, 4) is 5.75 Å². The summed E-state index contributed by atoms with van der Waals surface area (Å²) < 4.78 is 12.2. The fraction of sp³-hybridized carbons (Fsp3) is 0.176. The summed E-state index contributed by atoms with van der Waals surface area (Å²) in [6.45, 7) is 0.0673. The van der Waals surface area contributed by atoms with Gasteiger partial charge in [-0.3, -0.25) is 0 Å². The van der Waals surface area contributed by atoms with Crippen molar-refractivity contribution >= 4 is 28.5 Å². The first-order chi connectivity index (χ1) is 11.1. The van der Waals surface area contributed by atoms with E-state index in [4.69, 9.17) is 21.1 Å². The van der Waals surface area contributed by atoms with E-state index in [1.165, 1.54) is 0 Å². The molecule has 0 bridgehead atoms. The van der Waals surface area contributed by atoms with Gasteiger partial charge in [-0.2, -0.15) is 0 Å². The summed E-state index contributed by atoms with van der Waals surface area (Å²) in [6.07, 6.45) is 1.79. The van der Waals surface area contributed by atoms with Crippen LogP contribution >= 0.6 is 11.6 Å². The number of aryl methyl sites for hydroxylation is 1. The summed E-state index contributed by atoms with van der Waals surface area (Å²) in [5, 5.41) is 1.21. The molecule has 1 aromatic carbocycles. The minimum Gasteiger partial charge on any atom is -0.497 e. The summed E-state index contributed by atoms with van der Waals surface area (Å²) >= 11 is 6.19. The SMILES string of the molecule is COc1ccc2cc(COC(=O)c3cccn3C)c(Cl)nc2c1. The first kappa shape index (κ1) is 15.4. The Labute approximate surface area is 138 Å². The molecule has 0 saturated carbocycles. The van der Waals surface area contributed by atoms with Crippen molar-refractivity contribution in [3.05, 3.63) is 59.0 Å². The molecular formula is C17H15ClN2O3. The van der Waals surface area contributed by atoms with Gasteiger partial charge in [0.15, 0.2) is 0 Å². The van der Waals surface area contributed by atoms with E-state index in [0.717, 1.165) is 10.9 Å². The molecule has 0 amide bonds. The van der Waals surface area contributed by atoms with Crippen LogP contribution in [0.4, 0.5) is 0 Å². The van der Waals surface area contributed by atoms with Crippen LogP contribution in [-0.2, 0) is 18.4 Å². The van der Waals surface area contributed by atoms with E-state index in [0.29, 0.717) is 22.2 Å². The van der Waals surface area contributed by atoms with Gasteiger partial charge in [0, 0.05) is 30.3 Å². The zero-order chi connectivity index (χ0) is 16.4. The van der Waals surface area contributed by atoms with Gasteiger partial charge in [-0.25, -0.2) is 9.78 Å². The molecule has 3 rings (SSSR count). The van der Waals surface area contributed by atoms with E-state index in [9.17, 15) is 4.79 Å². The Morgan fingerprint density at radius 3 is 2.83 bits per heavy atom. The van der Waals surface area contributed by atoms with Gasteiger partial charge in [0.2, 0.25) is 0 Å². The molecular weight excluding hydrogens is 316 g/mol. The first-order valence-electron chi connectivity index (χ1n) is 7.00. The average Bonchev–Trinajstić information content (AvgIpc) is 2.98. The number of aromatic nitrogens is 2. The van der Waals surface area contributed by atoms with Crippen molar-refractivity contribution in [2.75, 3.05) is 7.11 Å². The molecule has 23 heavy (non-hydrogen) atoms. The van der Waals surface area contributed by atoms with Crippen molar-refractivity contribution in [2.45, 2.75) is 6.61 Å². The van der Waals surface area contributed by atoms with Gasteiger partial charge in [-0.15, -0.1) is 0 Å². The van der Waals surface area contributed by atoms with E-state index in [1.807, 2.05) is 18.2 Å². The monoisotopic (exact) mass is 330 g/mol. The van der Waals surface area contributed by atoms with Crippen molar-refractivity contribution in [3.63, 3.8) is 0 Å². The lowest BCUT2D eigenvalue weighted by molar-refractivity contribution is 0.0461. The smallest absolute Gasteiger partial charge is 0.355 e. The lowest BCUT2D eigenvalue weighted by Gasteiger charge is -2.09. The summed E-state index contributed by atoms with van der Waals surface area (Å²) in [5.41, 5.74) is 1.87. The third-order valence-corrected chi connectivity index (χ3v) is 3.89. The van der Waals surface area contributed by atoms with Crippen LogP contribution in [0.1, 0.15) is 16.1 Å². The van der Waals surface area contributed by atoms with Gasteiger partial charge >= 0.3 is 5.97 Å². The molecule has 3 aromatic rings. The number of carbonyl (C=O) groups excluding carboxylic acids is 1. The normalized spacial score (nSPS) is 10.7. The molecule has 0 unspecified atom stereocenters. The molecule has 118 valence electrons. The van der Waals surface area contributed by atoms with Gasteiger partial charge in [0.25, 0.3) is 0 Å². The van der Waals surface area contributed by atoms with Crippen LogP contribution in [-0.4, -0.2) is 22.6 Å². The molecule has 0 aliphatic carbocycles. The fourth-order valence-corrected chi connectivity index (χ4v) is 2.49. The van der Waals surface area contributed by atoms with Gasteiger partial charge in [0.1, 0.15) is 23.2 Å². The molecule has 0 radical (unpaired) electrons. The Kier molecular flexibility index (Phi) is 4.21. The highest BCUT2D eigenvalue weighted by Gasteiger charge is 2.13. The number of methoxy groups -OCH3 is 1. The summed E-state index contributed by atoms with van der Waals surface area (Å²) in [4.78, 5) is 16.4. The number of rotatable bonds is 4. The van der Waals surface area contributed by atoms with E-state index >= 15 is 0 Å². The number of pyridine rings is 1. The zero-order valence-corrected chi connectivity index (χ0v) is 13.5. The van der Waals surface area contributed by atoms with Crippen LogP contribution in [0.2, 0.25) is 5.15 Å². The number of ether oxygens (including phenoxy) is 2. The third-order valence-electron chi connectivity index (χ3n) is 3.56. The molecule has 2 heterocycles. The molecule has 0 N–H and O–H groups in total. The van der Waals surface area contributed by atoms with Crippen LogP contribution in [0, 0.1) is 0 Å². The zero-order valence-electron chi connectivity index (χ0n) is 12.7. The molecule has 0 aliphatic heterocycles. The second kappa shape index (κ2) is 6.30. The number of hydrogen-bond donors (Lipinski definition) is 0. The summed E-state index contributed by atoms with van der Waals surface area (Å²) in [6, 6.07) is 10.9. The lowest BCUT2D eigenvalue weighted by atomic mass is 10.1. The Bertz CT molecular complexity index is 873. The van der Waals surface area contributed by atoms with Crippen LogP contribution in [0.15, 0.2) is 42.6 Å². The minimum absolute atomic E-state index is 0.0673. The van der Waals surface area contributed by atoms with Crippen molar-refractivity contribution in [2.24, 2.45) is 7.05 Å². The quantitative estimate of drug-likeness (QED) is 0.542. The number of fused-ring (bicyclic) bond motifs is 1. The fourth-order valence-electron chi connectivity index (χ4n) is 2.29. The largest absolute Gasteiger partial charge is 0.497 e. The highest BCUT2D eigenvalue weighted by atomic mass is 35.5. The predicted octanol–water partition coefficient (Wildman–Crippen LogP) is 3.59. The van der Waals surface area contributed by atoms with Crippen LogP contribution in [0.5, 0.6) is 5.75 Å². The highest BCUT2D eigenvalue weighted by Crippen LogP contribution is 2.24. The molecule has 2 aromatic heterocycles. The number of carbonyl (C=O) groups is 1. The number of halogens is 1. The highest BCUT2D eigenvalue weighted by molar-refractivity contribution is 6.30. The molecule has 6 heteroatoms. The molecule has 0 fully saturated rings. The second-order valence-corrected chi connectivity index (χ2v) is 5.44. The maximum atomic E-state index is 12.0. The Morgan fingerprint density at radius 1 is 1.30 bits per heavy atom.